The first kappa shape index (κ1) is 16.3. The Bertz CT molecular complexity index is 920. The molecule has 0 unspecified atom stereocenters. The summed E-state index contributed by atoms with van der Waals surface area (Å²) < 4.78 is 2.23. The van der Waals surface area contributed by atoms with E-state index >= 15 is 0 Å². The van der Waals surface area contributed by atoms with Gasteiger partial charge in [-0.15, -0.1) is 0 Å². The van der Waals surface area contributed by atoms with E-state index in [1.165, 1.54) is 12.2 Å². The third kappa shape index (κ3) is 3.75. The second-order valence-electron chi connectivity index (χ2n) is 6.50. The van der Waals surface area contributed by atoms with Gasteiger partial charge in [-0.3, -0.25) is 4.79 Å². The Morgan fingerprint density at radius 1 is 1.15 bits per heavy atom. The summed E-state index contributed by atoms with van der Waals surface area (Å²) in [6, 6.07) is 18.0. The lowest BCUT2D eigenvalue weighted by Crippen LogP contribution is -2.20. The number of carbonyl (C=O) groups excluding carboxylic acids is 1. The zero-order valence-electron chi connectivity index (χ0n) is 14.6. The maximum atomic E-state index is 12.0. The lowest BCUT2D eigenvalue weighted by atomic mass is 10.1. The molecule has 0 radical (unpaired) electrons. The number of hydrogen-bond acceptors (Lipinski definition) is 2. The lowest BCUT2D eigenvalue weighted by molar-refractivity contribution is -0.116. The largest absolute Gasteiger partial charge is 0.348 e. The number of aryl methyl sites for hydroxylation is 2. The molecule has 1 N–H and O–H groups in total. The number of nitrogens with one attached hydrogen (secondary N) is 1. The van der Waals surface area contributed by atoms with Gasteiger partial charge in [-0.05, 0) is 29.7 Å². The quantitative estimate of drug-likeness (QED) is 0.716. The maximum absolute atomic E-state index is 12.0. The van der Waals surface area contributed by atoms with Crippen LogP contribution in [0.2, 0.25) is 0 Å². The first-order valence-electron chi connectivity index (χ1n) is 8.94. The normalized spacial score (nSPS) is 13.1. The number of nitrogens with zero attached hydrogens (tertiary/aromatic N) is 2. The predicted octanol–water partition coefficient (Wildman–Crippen LogP) is 3.83. The van der Waals surface area contributed by atoms with E-state index in [0.717, 1.165) is 35.3 Å². The first-order valence-corrected chi connectivity index (χ1v) is 8.94. The van der Waals surface area contributed by atoms with Crippen LogP contribution in [0.4, 0.5) is 0 Å². The van der Waals surface area contributed by atoms with Crippen LogP contribution >= 0.6 is 0 Å². The molecule has 0 aliphatic carbocycles. The number of hydrogen-bond donors (Lipinski definition) is 1. The lowest BCUT2D eigenvalue weighted by Gasteiger charge is -2.05. The molecule has 0 spiro atoms. The average molecular weight is 343 g/mol. The van der Waals surface area contributed by atoms with Crippen LogP contribution in [0.15, 0.2) is 66.9 Å². The molecule has 2 heterocycles. The van der Waals surface area contributed by atoms with Crippen LogP contribution in [0.25, 0.3) is 17.3 Å². The minimum atomic E-state index is -0.0970. The van der Waals surface area contributed by atoms with E-state index in [1.54, 1.807) is 6.08 Å². The SMILES string of the molecule is O=C(/C=C/c1ccccc1)NCc1cccc(-c2cn3c(n2)CCC3)c1. The molecule has 1 aliphatic heterocycles. The topological polar surface area (TPSA) is 46.9 Å². The highest BCUT2D eigenvalue weighted by Gasteiger charge is 2.14. The fraction of sp³-hybridized carbons (Fsp3) is 0.182. The van der Waals surface area contributed by atoms with Crippen LogP contribution < -0.4 is 5.32 Å². The summed E-state index contributed by atoms with van der Waals surface area (Å²) in [4.78, 5) is 16.8. The number of rotatable bonds is 5. The molecule has 130 valence electrons. The molecule has 4 heteroatoms. The van der Waals surface area contributed by atoms with Crippen LogP contribution in [-0.2, 0) is 24.3 Å². The summed E-state index contributed by atoms with van der Waals surface area (Å²) in [5, 5.41) is 2.94. The van der Waals surface area contributed by atoms with Crippen LogP contribution in [0.5, 0.6) is 0 Å². The molecule has 2 aromatic carbocycles. The second kappa shape index (κ2) is 7.40. The Morgan fingerprint density at radius 2 is 2.04 bits per heavy atom. The molecule has 26 heavy (non-hydrogen) atoms. The van der Waals surface area contributed by atoms with E-state index in [4.69, 9.17) is 4.98 Å². The smallest absolute Gasteiger partial charge is 0.244 e. The second-order valence-corrected chi connectivity index (χ2v) is 6.50. The fourth-order valence-electron chi connectivity index (χ4n) is 3.22. The Hall–Kier alpha value is -3.14. The molecule has 4 rings (SSSR count). The Kier molecular flexibility index (Phi) is 4.65. The van der Waals surface area contributed by atoms with E-state index < -0.39 is 0 Å². The molecule has 1 amide bonds. The monoisotopic (exact) mass is 343 g/mol. The van der Waals surface area contributed by atoms with Crippen LogP contribution in [0, 0.1) is 0 Å². The summed E-state index contributed by atoms with van der Waals surface area (Å²) in [7, 11) is 0. The predicted molar refractivity (Wildman–Crippen MR) is 103 cm³/mol. The summed E-state index contributed by atoms with van der Waals surface area (Å²) in [5.41, 5.74) is 4.19. The third-order valence-electron chi connectivity index (χ3n) is 4.57. The highest BCUT2D eigenvalue weighted by Crippen LogP contribution is 2.23. The first-order chi connectivity index (χ1) is 12.8. The molecular weight excluding hydrogens is 322 g/mol. The summed E-state index contributed by atoms with van der Waals surface area (Å²) in [6.45, 7) is 1.56. The van der Waals surface area contributed by atoms with E-state index in [9.17, 15) is 4.79 Å². The Balaban J connectivity index is 1.39. The third-order valence-corrected chi connectivity index (χ3v) is 4.57. The van der Waals surface area contributed by atoms with Crippen molar-refractivity contribution < 1.29 is 4.79 Å². The number of benzene rings is 2. The van der Waals surface area contributed by atoms with Crippen LogP contribution in [-0.4, -0.2) is 15.5 Å². The van der Waals surface area contributed by atoms with E-state index in [1.807, 2.05) is 48.5 Å². The standard InChI is InChI=1S/C22H21N3O/c26-22(12-11-17-6-2-1-3-7-17)23-15-18-8-4-9-19(14-18)20-16-25-13-5-10-21(25)24-20/h1-4,6-9,11-12,14,16H,5,10,13,15H2,(H,23,26)/b12-11+. The van der Waals surface area contributed by atoms with Crippen molar-refractivity contribution in [1.82, 2.24) is 14.9 Å². The molecular formula is C22H21N3O. The van der Waals surface area contributed by atoms with Crippen molar-refractivity contribution in [1.29, 1.82) is 0 Å². The van der Waals surface area contributed by atoms with Gasteiger partial charge >= 0.3 is 0 Å². The van der Waals surface area contributed by atoms with Gasteiger partial charge in [-0.2, -0.15) is 0 Å². The average Bonchev–Trinajstić information content (AvgIpc) is 3.28. The van der Waals surface area contributed by atoms with Gasteiger partial charge < -0.3 is 9.88 Å². The molecule has 3 aromatic rings. The van der Waals surface area contributed by atoms with Gasteiger partial charge in [0.25, 0.3) is 0 Å². The van der Waals surface area contributed by atoms with E-state index in [2.05, 4.69) is 28.2 Å². The van der Waals surface area contributed by atoms with Gasteiger partial charge in [0.15, 0.2) is 0 Å². The Morgan fingerprint density at radius 3 is 2.88 bits per heavy atom. The molecule has 0 saturated heterocycles. The minimum absolute atomic E-state index is 0.0970. The Labute approximate surface area is 153 Å². The number of carbonyl (C=O) groups is 1. The van der Waals surface area contributed by atoms with Gasteiger partial charge in [-0.1, -0.05) is 48.5 Å². The molecule has 1 aliphatic rings. The molecule has 0 fully saturated rings. The van der Waals surface area contributed by atoms with Gasteiger partial charge in [-0.25, -0.2) is 4.98 Å². The molecule has 0 bridgehead atoms. The summed E-state index contributed by atoms with van der Waals surface area (Å²) in [5.74, 6) is 1.07. The number of aromatic nitrogens is 2. The van der Waals surface area contributed by atoms with Crippen molar-refractivity contribution in [3.05, 3.63) is 83.8 Å². The van der Waals surface area contributed by atoms with Crippen molar-refractivity contribution in [2.45, 2.75) is 25.9 Å². The zero-order chi connectivity index (χ0) is 17.8. The van der Waals surface area contributed by atoms with Crippen molar-refractivity contribution >= 4 is 12.0 Å². The highest BCUT2D eigenvalue weighted by molar-refractivity contribution is 5.91. The van der Waals surface area contributed by atoms with Crippen molar-refractivity contribution in [3.63, 3.8) is 0 Å². The maximum Gasteiger partial charge on any atom is 0.244 e. The molecule has 1 aromatic heterocycles. The van der Waals surface area contributed by atoms with Crippen LogP contribution in [0.1, 0.15) is 23.4 Å². The number of fused-ring (bicyclic) bond motifs is 1. The molecule has 0 saturated carbocycles. The molecule has 4 nitrogen and oxygen atoms in total. The van der Waals surface area contributed by atoms with Crippen molar-refractivity contribution in [2.24, 2.45) is 0 Å². The zero-order valence-corrected chi connectivity index (χ0v) is 14.6. The summed E-state index contributed by atoms with van der Waals surface area (Å²) >= 11 is 0. The summed E-state index contributed by atoms with van der Waals surface area (Å²) in [6.07, 6.45) is 7.76. The van der Waals surface area contributed by atoms with Crippen molar-refractivity contribution in [2.75, 3.05) is 0 Å². The van der Waals surface area contributed by atoms with E-state index in [0.29, 0.717) is 6.54 Å². The fourth-order valence-corrected chi connectivity index (χ4v) is 3.22. The highest BCUT2D eigenvalue weighted by atomic mass is 16.1. The molecule has 0 atom stereocenters. The number of imidazole rings is 1. The van der Waals surface area contributed by atoms with Gasteiger partial charge in [0, 0.05) is 37.3 Å². The number of amides is 1. The minimum Gasteiger partial charge on any atom is -0.348 e. The van der Waals surface area contributed by atoms with Gasteiger partial charge in [0.05, 0.1) is 5.69 Å². The van der Waals surface area contributed by atoms with Crippen LogP contribution in [0.3, 0.4) is 0 Å². The van der Waals surface area contributed by atoms with Gasteiger partial charge in [0.2, 0.25) is 5.91 Å². The van der Waals surface area contributed by atoms with Gasteiger partial charge in [0.1, 0.15) is 5.82 Å². The van der Waals surface area contributed by atoms with E-state index in [-0.39, 0.29) is 5.91 Å². The van der Waals surface area contributed by atoms with Crippen molar-refractivity contribution in [3.8, 4) is 11.3 Å².